The predicted octanol–water partition coefficient (Wildman–Crippen LogP) is 4.25. The molecule has 0 aliphatic heterocycles. The summed E-state index contributed by atoms with van der Waals surface area (Å²) in [5, 5.41) is 0. The van der Waals surface area contributed by atoms with E-state index >= 15 is 0 Å². The minimum absolute atomic E-state index is 0.101. The van der Waals surface area contributed by atoms with Crippen LogP contribution in [0.2, 0.25) is 0 Å². The Morgan fingerprint density at radius 1 is 1.05 bits per heavy atom. The number of ketones is 1. The van der Waals surface area contributed by atoms with Crippen LogP contribution in [-0.2, 0) is 6.42 Å². The van der Waals surface area contributed by atoms with Crippen LogP contribution in [0.5, 0.6) is 0 Å². The summed E-state index contributed by atoms with van der Waals surface area (Å²) in [6.07, 6.45) is 3.84. The molecule has 1 fully saturated rings. The Balaban J connectivity index is 2.07. The summed E-state index contributed by atoms with van der Waals surface area (Å²) < 4.78 is 2.40. The molecule has 1 saturated carbocycles. The van der Waals surface area contributed by atoms with Crippen LogP contribution in [-0.4, -0.2) is 10.4 Å². The molecular formula is C17H25NO. The van der Waals surface area contributed by atoms with Crippen LogP contribution < -0.4 is 0 Å². The summed E-state index contributed by atoms with van der Waals surface area (Å²) in [7, 11) is 0. The predicted molar refractivity (Wildman–Crippen MR) is 77.5 cm³/mol. The van der Waals surface area contributed by atoms with Crippen molar-refractivity contribution in [2.75, 3.05) is 0 Å². The molecule has 0 amide bonds. The number of Topliss-reactive ketones (excluding diaryl/α,β-unsaturated/α-hetero) is 1. The zero-order valence-corrected chi connectivity index (χ0v) is 13.0. The lowest BCUT2D eigenvalue weighted by molar-refractivity contribution is 0.0909. The van der Waals surface area contributed by atoms with Crippen molar-refractivity contribution in [2.24, 2.45) is 16.2 Å². The van der Waals surface area contributed by atoms with E-state index in [0.29, 0.717) is 29.1 Å². The van der Waals surface area contributed by atoms with E-state index in [4.69, 9.17) is 0 Å². The van der Waals surface area contributed by atoms with Gasteiger partial charge in [-0.05, 0) is 28.7 Å². The zero-order valence-electron chi connectivity index (χ0n) is 13.0. The van der Waals surface area contributed by atoms with Crippen LogP contribution >= 0.6 is 0 Å². The monoisotopic (exact) mass is 259 g/mol. The lowest BCUT2D eigenvalue weighted by Gasteiger charge is -2.30. The first-order valence-corrected chi connectivity index (χ1v) is 7.31. The lowest BCUT2D eigenvalue weighted by atomic mass is 9.76. The average molecular weight is 259 g/mol. The highest BCUT2D eigenvalue weighted by atomic mass is 16.1. The Hall–Kier alpha value is -1.05. The highest BCUT2D eigenvalue weighted by molar-refractivity contribution is 5.98. The highest BCUT2D eigenvalue weighted by Gasteiger charge is 2.66. The maximum atomic E-state index is 12.3. The number of fused-ring (bicyclic) bond motifs is 1. The summed E-state index contributed by atoms with van der Waals surface area (Å²) >= 11 is 0. The molecule has 0 radical (unpaired) electrons. The van der Waals surface area contributed by atoms with Crippen molar-refractivity contribution in [2.45, 2.75) is 60.4 Å². The van der Waals surface area contributed by atoms with Crippen molar-refractivity contribution in [3.8, 4) is 0 Å². The first kappa shape index (κ1) is 13.0. The molecule has 2 nitrogen and oxygen atoms in total. The van der Waals surface area contributed by atoms with Gasteiger partial charge in [0.25, 0.3) is 0 Å². The normalized spacial score (nSPS) is 27.2. The number of carbonyl (C=O) groups excluding carboxylic acids is 1. The van der Waals surface area contributed by atoms with E-state index in [2.05, 4.69) is 52.3 Å². The van der Waals surface area contributed by atoms with Gasteiger partial charge in [0.05, 0.1) is 0 Å². The third kappa shape index (κ3) is 1.58. The Kier molecular flexibility index (Phi) is 2.28. The maximum Gasteiger partial charge on any atom is 0.165 e. The van der Waals surface area contributed by atoms with Gasteiger partial charge in [-0.2, -0.15) is 0 Å². The molecule has 19 heavy (non-hydrogen) atoms. The van der Waals surface area contributed by atoms with Gasteiger partial charge in [-0.1, -0.05) is 41.5 Å². The van der Waals surface area contributed by atoms with E-state index in [0.717, 1.165) is 12.0 Å². The minimum atomic E-state index is 0.101. The quantitative estimate of drug-likeness (QED) is 0.739. The zero-order chi connectivity index (χ0) is 14.2. The van der Waals surface area contributed by atoms with Crippen molar-refractivity contribution in [3.63, 3.8) is 0 Å². The third-order valence-corrected chi connectivity index (χ3v) is 5.83. The Labute approximate surface area is 116 Å². The summed E-state index contributed by atoms with van der Waals surface area (Å²) in [6.45, 7) is 13.7. The van der Waals surface area contributed by atoms with Crippen molar-refractivity contribution in [3.05, 3.63) is 23.5 Å². The lowest BCUT2D eigenvalue weighted by Crippen LogP contribution is -2.28. The second kappa shape index (κ2) is 3.34. The molecule has 1 heterocycles. The van der Waals surface area contributed by atoms with E-state index in [-0.39, 0.29) is 5.41 Å². The summed E-state index contributed by atoms with van der Waals surface area (Å²) in [5.41, 5.74) is 2.96. The largest absolute Gasteiger partial charge is 0.347 e. The summed E-state index contributed by atoms with van der Waals surface area (Å²) in [5.74, 6) is 0.321. The van der Waals surface area contributed by atoms with Gasteiger partial charge < -0.3 is 4.57 Å². The molecule has 104 valence electrons. The Morgan fingerprint density at radius 3 is 2.16 bits per heavy atom. The van der Waals surface area contributed by atoms with Crippen molar-refractivity contribution < 1.29 is 4.79 Å². The summed E-state index contributed by atoms with van der Waals surface area (Å²) in [4.78, 5) is 12.3. The van der Waals surface area contributed by atoms with Crippen LogP contribution in [0.4, 0.5) is 0 Å². The molecule has 0 bridgehead atoms. The molecule has 1 aromatic rings. The standard InChI is InChI=1S/C17H25NO/c1-15(2)9-12-11(13(19)10-15)7-8-18(12)14-16(3,4)17(14,5)6/h7-8,14H,9-10H2,1-6H3. The fourth-order valence-corrected chi connectivity index (χ4v) is 4.06. The Bertz CT molecular complexity index is 546. The number of nitrogens with zero attached hydrogens (tertiary/aromatic N) is 1. The van der Waals surface area contributed by atoms with E-state index in [9.17, 15) is 4.79 Å². The number of carbonyl (C=O) groups is 1. The first-order valence-electron chi connectivity index (χ1n) is 7.31. The van der Waals surface area contributed by atoms with Crippen LogP contribution in [0.15, 0.2) is 12.3 Å². The van der Waals surface area contributed by atoms with Gasteiger partial charge in [-0.15, -0.1) is 0 Å². The average Bonchev–Trinajstić information content (AvgIpc) is 2.57. The van der Waals surface area contributed by atoms with Gasteiger partial charge in [0.1, 0.15) is 0 Å². The van der Waals surface area contributed by atoms with Gasteiger partial charge in [-0.25, -0.2) is 0 Å². The number of rotatable bonds is 1. The number of hydrogen-bond acceptors (Lipinski definition) is 1. The third-order valence-electron chi connectivity index (χ3n) is 5.83. The topological polar surface area (TPSA) is 22.0 Å². The fraction of sp³-hybridized carbons (Fsp3) is 0.706. The molecule has 3 rings (SSSR count). The molecule has 2 heteroatoms. The van der Waals surface area contributed by atoms with Crippen LogP contribution in [0.25, 0.3) is 0 Å². The molecule has 2 aliphatic rings. The molecule has 0 spiro atoms. The van der Waals surface area contributed by atoms with Crippen molar-refractivity contribution >= 4 is 5.78 Å². The highest BCUT2D eigenvalue weighted by Crippen LogP contribution is 2.71. The first-order chi connectivity index (χ1) is 8.58. The second-order valence-corrected chi connectivity index (χ2v) is 8.37. The van der Waals surface area contributed by atoms with Crippen molar-refractivity contribution in [1.82, 2.24) is 4.57 Å². The second-order valence-electron chi connectivity index (χ2n) is 8.37. The van der Waals surface area contributed by atoms with E-state index < -0.39 is 0 Å². The Morgan fingerprint density at radius 2 is 1.63 bits per heavy atom. The molecule has 1 aromatic heterocycles. The van der Waals surface area contributed by atoms with E-state index in [1.165, 1.54) is 5.69 Å². The fourth-order valence-electron chi connectivity index (χ4n) is 4.06. The smallest absolute Gasteiger partial charge is 0.165 e. The minimum Gasteiger partial charge on any atom is -0.347 e. The van der Waals surface area contributed by atoms with Gasteiger partial charge in [0.2, 0.25) is 0 Å². The molecule has 0 aromatic carbocycles. The number of hydrogen-bond donors (Lipinski definition) is 0. The molecule has 0 atom stereocenters. The molecule has 2 aliphatic carbocycles. The van der Waals surface area contributed by atoms with Gasteiger partial charge in [0, 0.05) is 29.9 Å². The van der Waals surface area contributed by atoms with Crippen LogP contribution in [0, 0.1) is 16.2 Å². The maximum absolute atomic E-state index is 12.3. The van der Waals surface area contributed by atoms with E-state index in [1.54, 1.807) is 0 Å². The van der Waals surface area contributed by atoms with Gasteiger partial charge in [0.15, 0.2) is 5.78 Å². The van der Waals surface area contributed by atoms with Crippen LogP contribution in [0.1, 0.15) is 70.1 Å². The van der Waals surface area contributed by atoms with E-state index in [1.807, 2.05) is 6.07 Å². The summed E-state index contributed by atoms with van der Waals surface area (Å²) in [6, 6.07) is 2.56. The van der Waals surface area contributed by atoms with Gasteiger partial charge in [-0.3, -0.25) is 4.79 Å². The molecular weight excluding hydrogens is 234 g/mol. The van der Waals surface area contributed by atoms with Gasteiger partial charge >= 0.3 is 0 Å². The SMILES string of the molecule is CC1(C)CC(=O)c2ccn(C3C(C)(C)C3(C)C)c2C1. The number of aromatic nitrogens is 1. The molecule has 0 saturated heterocycles. The van der Waals surface area contributed by atoms with Crippen molar-refractivity contribution in [1.29, 1.82) is 0 Å². The van der Waals surface area contributed by atoms with Crippen LogP contribution in [0.3, 0.4) is 0 Å². The molecule has 0 N–H and O–H groups in total. The molecule has 0 unspecified atom stereocenters.